The van der Waals surface area contributed by atoms with Gasteiger partial charge in [-0.15, -0.1) is 0 Å². The van der Waals surface area contributed by atoms with Crippen LogP contribution < -0.4 is 10.6 Å². The third kappa shape index (κ3) is 12.5. The number of hydrogen-bond donors (Lipinski definition) is 2. The van der Waals surface area contributed by atoms with Gasteiger partial charge in [0.25, 0.3) is 0 Å². The van der Waals surface area contributed by atoms with E-state index >= 15 is 0 Å². The summed E-state index contributed by atoms with van der Waals surface area (Å²) in [6, 6.07) is 1.16. The van der Waals surface area contributed by atoms with Crippen LogP contribution in [0.2, 0.25) is 0 Å². The third-order valence-electron chi connectivity index (χ3n) is 5.39. The minimum absolute atomic E-state index is 0.148. The molecule has 0 aromatic heterocycles. The van der Waals surface area contributed by atoms with E-state index in [1.54, 1.807) is 0 Å². The zero-order chi connectivity index (χ0) is 18.9. The highest BCUT2D eigenvalue weighted by Gasteiger charge is 2.12. The van der Waals surface area contributed by atoms with Crippen LogP contribution in [-0.4, -0.2) is 37.3 Å². The van der Waals surface area contributed by atoms with E-state index in [2.05, 4.69) is 29.5 Å². The number of unbranched alkanes of at least 4 members (excludes halogenated alkanes) is 7. The minimum Gasteiger partial charge on any atom is -0.354 e. The van der Waals surface area contributed by atoms with Gasteiger partial charge in [0.2, 0.25) is 5.91 Å². The highest BCUT2D eigenvalue weighted by molar-refractivity contribution is 5.79. The van der Waals surface area contributed by atoms with Gasteiger partial charge in [0.15, 0.2) is 0 Å². The molecule has 4 nitrogen and oxygen atoms in total. The lowest BCUT2D eigenvalue weighted by Crippen LogP contribution is -2.32. The second-order valence-electron chi connectivity index (χ2n) is 7.79. The Kier molecular flexibility index (Phi) is 14.5. The standard InChI is InChI=1S/C14H29N.C8H14N2O/c1-2-3-4-5-6-7-8-9-11-14-12-10-13-15-14;1-2-7-6-10-8(11)4-3-5-9-7/h14-15H,2-13H2,1H3;5,7H,2-4,6H2,1H3,(H,10,11). The Hall–Kier alpha value is -0.900. The van der Waals surface area contributed by atoms with Crippen LogP contribution >= 0.6 is 0 Å². The van der Waals surface area contributed by atoms with Gasteiger partial charge >= 0.3 is 0 Å². The number of carbonyl (C=O) groups excluding carboxylic acids is 1. The van der Waals surface area contributed by atoms with E-state index in [9.17, 15) is 4.79 Å². The van der Waals surface area contributed by atoms with E-state index in [0.29, 0.717) is 19.0 Å². The van der Waals surface area contributed by atoms with Gasteiger partial charge in [0, 0.05) is 19.0 Å². The fourth-order valence-electron chi connectivity index (χ4n) is 3.57. The summed E-state index contributed by atoms with van der Waals surface area (Å²) in [6.07, 6.45) is 20.1. The van der Waals surface area contributed by atoms with Crippen LogP contribution in [0.5, 0.6) is 0 Å². The molecule has 2 unspecified atom stereocenters. The normalized spacial score (nSPS) is 22.9. The van der Waals surface area contributed by atoms with E-state index in [4.69, 9.17) is 0 Å². The number of amides is 1. The molecule has 1 amide bonds. The Bertz CT molecular complexity index is 364. The molecule has 1 saturated heterocycles. The van der Waals surface area contributed by atoms with Gasteiger partial charge < -0.3 is 10.6 Å². The molecule has 0 saturated carbocycles. The first-order valence-electron chi connectivity index (χ1n) is 11.3. The molecule has 2 atom stereocenters. The molecular formula is C22H43N3O. The first kappa shape index (κ1) is 23.1. The largest absolute Gasteiger partial charge is 0.354 e. The van der Waals surface area contributed by atoms with Gasteiger partial charge in [-0.1, -0.05) is 65.2 Å². The van der Waals surface area contributed by atoms with Gasteiger partial charge in [-0.25, -0.2) is 0 Å². The summed E-state index contributed by atoms with van der Waals surface area (Å²) < 4.78 is 0. The summed E-state index contributed by atoms with van der Waals surface area (Å²) >= 11 is 0. The molecule has 152 valence electrons. The lowest BCUT2D eigenvalue weighted by Gasteiger charge is -2.13. The van der Waals surface area contributed by atoms with Crippen molar-refractivity contribution in [1.82, 2.24) is 10.6 Å². The Balaban J connectivity index is 0.000000273. The van der Waals surface area contributed by atoms with Gasteiger partial charge in [0.1, 0.15) is 0 Å². The predicted molar refractivity (Wildman–Crippen MR) is 113 cm³/mol. The van der Waals surface area contributed by atoms with Crippen LogP contribution in [0.4, 0.5) is 0 Å². The molecule has 0 radical (unpaired) electrons. The molecule has 0 aromatic rings. The molecule has 26 heavy (non-hydrogen) atoms. The first-order valence-corrected chi connectivity index (χ1v) is 11.3. The predicted octanol–water partition coefficient (Wildman–Crippen LogP) is 5.02. The smallest absolute Gasteiger partial charge is 0.220 e. The van der Waals surface area contributed by atoms with E-state index in [1.807, 2.05) is 6.21 Å². The highest BCUT2D eigenvalue weighted by Crippen LogP contribution is 2.14. The maximum Gasteiger partial charge on any atom is 0.220 e. The van der Waals surface area contributed by atoms with E-state index in [0.717, 1.165) is 18.9 Å². The van der Waals surface area contributed by atoms with Crippen molar-refractivity contribution < 1.29 is 4.79 Å². The monoisotopic (exact) mass is 365 g/mol. The maximum absolute atomic E-state index is 10.9. The van der Waals surface area contributed by atoms with E-state index in [-0.39, 0.29) is 5.91 Å². The van der Waals surface area contributed by atoms with Gasteiger partial charge in [-0.2, -0.15) is 0 Å². The van der Waals surface area contributed by atoms with Crippen molar-refractivity contribution in [1.29, 1.82) is 0 Å². The summed E-state index contributed by atoms with van der Waals surface area (Å²) in [4.78, 5) is 15.2. The maximum atomic E-state index is 10.9. The summed E-state index contributed by atoms with van der Waals surface area (Å²) in [5, 5.41) is 6.41. The van der Waals surface area contributed by atoms with Crippen molar-refractivity contribution in [3.63, 3.8) is 0 Å². The second kappa shape index (κ2) is 16.3. The number of aliphatic imine (C=N–C) groups is 1. The zero-order valence-electron chi connectivity index (χ0n) is 17.4. The first-order chi connectivity index (χ1) is 12.8. The number of hydrogen-bond acceptors (Lipinski definition) is 3. The molecule has 2 N–H and O–H groups in total. The average Bonchev–Trinajstić information content (AvgIpc) is 3.15. The minimum atomic E-state index is 0.148. The fraction of sp³-hybridized carbons (Fsp3) is 0.909. The molecule has 2 aliphatic rings. The molecule has 2 aliphatic heterocycles. The van der Waals surface area contributed by atoms with Crippen molar-refractivity contribution in [3.8, 4) is 0 Å². The molecule has 2 heterocycles. The van der Waals surface area contributed by atoms with Crippen LogP contribution in [0.25, 0.3) is 0 Å². The van der Waals surface area contributed by atoms with Crippen LogP contribution in [0.15, 0.2) is 4.99 Å². The third-order valence-corrected chi connectivity index (χ3v) is 5.39. The zero-order valence-corrected chi connectivity index (χ0v) is 17.4. The molecule has 1 fully saturated rings. The fourth-order valence-corrected chi connectivity index (χ4v) is 3.57. The Morgan fingerprint density at radius 1 is 1.08 bits per heavy atom. The lowest BCUT2D eigenvalue weighted by atomic mass is 10.0. The summed E-state index contributed by atoms with van der Waals surface area (Å²) in [5.41, 5.74) is 0. The van der Waals surface area contributed by atoms with Gasteiger partial charge in [-0.3, -0.25) is 9.79 Å². The van der Waals surface area contributed by atoms with Crippen LogP contribution in [0.3, 0.4) is 0 Å². The summed E-state index contributed by atoms with van der Waals surface area (Å²) in [6.45, 7) is 6.33. The second-order valence-corrected chi connectivity index (χ2v) is 7.79. The van der Waals surface area contributed by atoms with Gasteiger partial charge in [0.05, 0.1) is 6.04 Å². The van der Waals surface area contributed by atoms with E-state index in [1.165, 1.54) is 77.2 Å². The van der Waals surface area contributed by atoms with Crippen molar-refractivity contribution in [2.24, 2.45) is 4.99 Å². The number of carbonyl (C=O) groups is 1. The van der Waals surface area contributed by atoms with Crippen LogP contribution in [-0.2, 0) is 4.79 Å². The number of nitrogens with zero attached hydrogens (tertiary/aromatic N) is 1. The van der Waals surface area contributed by atoms with Crippen molar-refractivity contribution in [2.75, 3.05) is 13.1 Å². The lowest BCUT2D eigenvalue weighted by molar-refractivity contribution is -0.121. The summed E-state index contributed by atoms with van der Waals surface area (Å²) in [7, 11) is 0. The number of nitrogens with one attached hydrogen (secondary N) is 2. The van der Waals surface area contributed by atoms with Crippen LogP contribution in [0, 0.1) is 0 Å². The molecule has 0 spiro atoms. The molecule has 0 aromatic carbocycles. The SMILES string of the molecule is CCC1CNC(=O)CCC=N1.CCCCCCCCCCC1CCCN1. The Morgan fingerprint density at radius 3 is 2.46 bits per heavy atom. The van der Waals surface area contributed by atoms with E-state index < -0.39 is 0 Å². The Labute approximate surface area is 162 Å². The van der Waals surface area contributed by atoms with Crippen molar-refractivity contribution in [3.05, 3.63) is 0 Å². The van der Waals surface area contributed by atoms with Gasteiger partial charge in [-0.05, 0) is 44.9 Å². The average molecular weight is 366 g/mol. The van der Waals surface area contributed by atoms with Crippen molar-refractivity contribution >= 4 is 12.1 Å². The topological polar surface area (TPSA) is 53.5 Å². The molecule has 0 aliphatic carbocycles. The summed E-state index contributed by atoms with van der Waals surface area (Å²) in [5.74, 6) is 0.148. The Morgan fingerprint density at radius 2 is 1.81 bits per heavy atom. The van der Waals surface area contributed by atoms with Crippen LogP contribution in [0.1, 0.15) is 104 Å². The molecule has 4 heteroatoms. The quantitative estimate of drug-likeness (QED) is 0.534. The molecule has 2 rings (SSSR count). The van der Waals surface area contributed by atoms with Crippen molar-refractivity contribution in [2.45, 2.75) is 116 Å². The molecule has 0 bridgehead atoms. The highest BCUT2D eigenvalue weighted by atomic mass is 16.1. The number of rotatable bonds is 10. The molecular weight excluding hydrogens is 322 g/mol.